The third-order valence-electron chi connectivity index (χ3n) is 0.875. The van der Waals surface area contributed by atoms with Gasteiger partial charge in [-0.15, -0.1) is 10.2 Å². The van der Waals surface area contributed by atoms with E-state index in [9.17, 15) is 0 Å². The normalized spacial score (nSPS) is 13.6. The van der Waals surface area contributed by atoms with Crippen molar-refractivity contribution in [1.82, 2.24) is 10.2 Å². The first kappa shape index (κ1) is 6.22. The molecular weight excluding hydrogens is 120 g/mol. The largest absolute Gasteiger partial charge is 0.428 e. The Hall–Kier alpha value is -0.900. The summed E-state index contributed by atoms with van der Waals surface area (Å²) >= 11 is 0. The molecule has 0 aliphatic rings. The van der Waals surface area contributed by atoms with E-state index >= 15 is 0 Å². The van der Waals surface area contributed by atoms with Gasteiger partial charge in [0.25, 0.3) is 0 Å². The third-order valence-corrected chi connectivity index (χ3v) is 0.875. The van der Waals surface area contributed by atoms with Crippen LogP contribution in [0.5, 0.6) is 0 Å². The van der Waals surface area contributed by atoms with Crippen LogP contribution in [0.4, 0.5) is 0 Å². The van der Waals surface area contributed by atoms with Crippen LogP contribution in [-0.4, -0.2) is 21.4 Å². The molecule has 0 saturated heterocycles. The first-order valence-corrected chi connectivity index (χ1v) is 2.72. The molecule has 1 atom stereocenters. The zero-order valence-corrected chi connectivity index (χ0v) is 5.11. The highest BCUT2D eigenvalue weighted by Crippen LogP contribution is 1.95. The minimum absolute atomic E-state index is 0.412. The number of aliphatic hydroxyl groups is 1. The van der Waals surface area contributed by atoms with E-state index in [0.717, 1.165) is 0 Å². The van der Waals surface area contributed by atoms with E-state index in [2.05, 4.69) is 10.2 Å². The van der Waals surface area contributed by atoms with E-state index in [-0.39, 0.29) is 0 Å². The molecular formula is C5H8N2O2. The van der Waals surface area contributed by atoms with Crippen LogP contribution in [0.25, 0.3) is 0 Å². The average Bonchev–Trinajstić information content (AvgIpc) is 2.15. The molecule has 0 amide bonds. The van der Waals surface area contributed by atoms with Crippen LogP contribution in [-0.2, 0) is 6.42 Å². The van der Waals surface area contributed by atoms with Gasteiger partial charge < -0.3 is 9.52 Å². The van der Waals surface area contributed by atoms with E-state index < -0.39 is 6.10 Å². The molecule has 0 aliphatic heterocycles. The number of aliphatic hydroxyl groups excluding tert-OH is 1. The van der Waals surface area contributed by atoms with Crippen LogP contribution in [0.3, 0.4) is 0 Å². The molecule has 0 fully saturated rings. The molecule has 0 aromatic carbocycles. The Labute approximate surface area is 52.5 Å². The number of rotatable bonds is 2. The van der Waals surface area contributed by atoms with Gasteiger partial charge in [-0.05, 0) is 6.92 Å². The number of aromatic nitrogens is 2. The number of nitrogens with zero attached hydrogens (tertiary/aromatic N) is 2. The lowest BCUT2D eigenvalue weighted by atomic mass is 10.3. The molecule has 0 radical (unpaired) electrons. The van der Waals surface area contributed by atoms with Crippen LogP contribution in [0.2, 0.25) is 0 Å². The molecule has 1 heterocycles. The van der Waals surface area contributed by atoms with Crippen molar-refractivity contribution in [1.29, 1.82) is 0 Å². The Kier molecular flexibility index (Phi) is 1.79. The molecule has 1 rings (SSSR count). The van der Waals surface area contributed by atoms with Gasteiger partial charge in [-0.3, -0.25) is 0 Å². The van der Waals surface area contributed by atoms with Crippen LogP contribution in [0.15, 0.2) is 10.8 Å². The van der Waals surface area contributed by atoms with Crippen molar-refractivity contribution in [2.24, 2.45) is 0 Å². The predicted octanol–water partition coefficient (Wildman–Crippen LogP) is -0.00710. The molecule has 4 nitrogen and oxygen atoms in total. The fourth-order valence-electron chi connectivity index (χ4n) is 0.538. The molecule has 4 heteroatoms. The minimum Gasteiger partial charge on any atom is -0.428 e. The summed E-state index contributed by atoms with van der Waals surface area (Å²) in [6, 6.07) is 0. The van der Waals surface area contributed by atoms with Gasteiger partial charge in [-0.1, -0.05) is 0 Å². The highest BCUT2D eigenvalue weighted by atomic mass is 16.4. The predicted molar refractivity (Wildman–Crippen MR) is 29.7 cm³/mol. The summed E-state index contributed by atoms with van der Waals surface area (Å²) in [6.45, 7) is 1.67. The molecule has 0 unspecified atom stereocenters. The smallest absolute Gasteiger partial charge is 0.218 e. The van der Waals surface area contributed by atoms with Crippen molar-refractivity contribution >= 4 is 0 Å². The quantitative estimate of drug-likeness (QED) is 0.608. The van der Waals surface area contributed by atoms with Gasteiger partial charge in [-0.25, -0.2) is 0 Å². The van der Waals surface area contributed by atoms with E-state index in [4.69, 9.17) is 9.52 Å². The lowest BCUT2D eigenvalue weighted by Crippen LogP contribution is -2.04. The topological polar surface area (TPSA) is 59.2 Å². The maximum absolute atomic E-state index is 8.80. The highest BCUT2D eigenvalue weighted by Gasteiger charge is 2.01. The van der Waals surface area contributed by atoms with Gasteiger partial charge >= 0.3 is 0 Å². The second-order valence-corrected chi connectivity index (χ2v) is 1.89. The van der Waals surface area contributed by atoms with Crippen molar-refractivity contribution in [3.63, 3.8) is 0 Å². The lowest BCUT2D eigenvalue weighted by Gasteiger charge is -1.95. The zero-order valence-electron chi connectivity index (χ0n) is 5.11. The van der Waals surface area contributed by atoms with Gasteiger partial charge in [-0.2, -0.15) is 0 Å². The van der Waals surface area contributed by atoms with Crippen LogP contribution < -0.4 is 0 Å². The average molecular weight is 128 g/mol. The summed E-state index contributed by atoms with van der Waals surface area (Å²) in [5.74, 6) is 0.477. The van der Waals surface area contributed by atoms with E-state index in [1.165, 1.54) is 6.39 Å². The SMILES string of the molecule is C[C@@H](O)Cc1nnco1. The van der Waals surface area contributed by atoms with Crippen molar-refractivity contribution in [2.45, 2.75) is 19.4 Å². The maximum Gasteiger partial charge on any atom is 0.218 e. The molecule has 9 heavy (non-hydrogen) atoms. The summed E-state index contributed by atoms with van der Waals surface area (Å²) < 4.78 is 4.76. The molecule has 0 aliphatic carbocycles. The highest BCUT2D eigenvalue weighted by molar-refractivity contribution is 4.74. The monoisotopic (exact) mass is 128 g/mol. The van der Waals surface area contributed by atoms with Gasteiger partial charge in [0.1, 0.15) is 0 Å². The molecule has 1 aromatic heterocycles. The molecule has 0 bridgehead atoms. The Balaban J connectivity index is 2.48. The Bertz CT molecular complexity index is 159. The van der Waals surface area contributed by atoms with Crippen molar-refractivity contribution in [3.05, 3.63) is 12.3 Å². The van der Waals surface area contributed by atoms with E-state index in [0.29, 0.717) is 12.3 Å². The standard InChI is InChI=1S/C5H8N2O2/c1-4(8)2-5-7-6-3-9-5/h3-4,8H,2H2,1H3/t4-/m1/s1. The van der Waals surface area contributed by atoms with E-state index in [1.807, 2.05) is 0 Å². The maximum atomic E-state index is 8.80. The fraction of sp³-hybridized carbons (Fsp3) is 0.600. The molecule has 50 valence electrons. The summed E-state index contributed by atoms with van der Waals surface area (Å²) in [4.78, 5) is 0. The second kappa shape index (κ2) is 2.59. The first-order valence-electron chi connectivity index (χ1n) is 2.72. The van der Waals surface area contributed by atoms with Crippen molar-refractivity contribution in [3.8, 4) is 0 Å². The third kappa shape index (κ3) is 1.81. The Morgan fingerprint density at radius 1 is 1.89 bits per heavy atom. The zero-order chi connectivity index (χ0) is 6.69. The van der Waals surface area contributed by atoms with Crippen molar-refractivity contribution < 1.29 is 9.52 Å². The molecule has 0 spiro atoms. The van der Waals surface area contributed by atoms with Gasteiger partial charge in [0.2, 0.25) is 12.3 Å². The van der Waals surface area contributed by atoms with Gasteiger partial charge in [0, 0.05) is 0 Å². The van der Waals surface area contributed by atoms with E-state index in [1.54, 1.807) is 6.92 Å². The van der Waals surface area contributed by atoms with Crippen LogP contribution >= 0.6 is 0 Å². The molecule has 0 saturated carbocycles. The lowest BCUT2D eigenvalue weighted by molar-refractivity contribution is 0.185. The minimum atomic E-state index is -0.412. The Morgan fingerprint density at radius 2 is 2.67 bits per heavy atom. The summed E-state index contributed by atoms with van der Waals surface area (Å²) in [7, 11) is 0. The van der Waals surface area contributed by atoms with Crippen LogP contribution in [0.1, 0.15) is 12.8 Å². The Morgan fingerprint density at radius 3 is 3.11 bits per heavy atom. The van der Waals surface area contributed by atoms with Gasteiger partial charge in [0.05, 0.1) is 12.5 Å². The van der Waals surface area contributed by atoms with Gasteiger partial charge in [0.15, 0.2) is 0 Å². The second-order valence-electron chi connectivity index (χ2n) is 1.89. The fourth-order valence-corrected chi connectivity index (χ4v) is 0.538. The molecule has 1 aromatic rings. The first-order chi connectivity index (χ1) is 4.29. The number of hydrogen-bond donors (Lipinski definition) is 1. The molecule has 1 N–H and O–H groups in total. The van der Waals surface area contributed by atoms with Crippen LogP contribution in [0, 0.1) is 0 Å². The summed E-state index contributed by atoms with van der Waals surface area (Å²) in [5, 5.41) is 15.8. The summed E-state index contributed by atoms with van der Waals surface area (Å²) in [5.41, 5.74) is 0. The number of hydrogen-bond acceptors (Lipinski definition) is 4. The van der Waals surface area contributed by atoms with Crippen molar-refractivity contribution in [2.75, 3.05) is 0 Å². The summed E-state index contributed by atoms with van der Waals surface area (Å²) in [6.07, 6.45) is 1.27.